The smallest absolute Gasteiger partial charge is 0.292 e. The van der Waals surface area contributed by atoms with Crippen molar-refractivity contribution in [2.75, 3.05) is 19.8 Å². The van der Waals surface area contributed by atoms with Crippen LogP contribution in [0.25, 0.3) is 0 Å². The van der Waals surface area contributed by atoms with Crippen molar-refractivity contribution in [1.82, 2.24) is 24.4 Å². The minimum Gasteiger partial charge on any atom is -0.381 e. The van der Waals surface area contributed by atoms with Gasteiger partial charge >= 0.3 is 0 Å². The molecule has 1 unspecified atom stereocenters. The lowest BCUT2D eigenvalue weighted by molar-refractivity contribution is 0.0521. The summed E-state index contributed by atoms with van der Waals surface area (Å²) in [6.07, 6.45) is 6.80. The Morgan fingerprint density at radius 2 is 2.12 bits per heavy atom. The number of nitrogens with zero attached hydrogens (tertiary/aromatic N) is 5. The van der Waals surface area contributed by atoms with E-state index < -0.39 is 0 Å². The zero-order valence-electron chi connectivity index (χ0n) is 14.1. The molecular formula is C17H23N5O2. The highest BCUT2D eigenvalue weighted by molar-refractivity contribution is 5.90. The SMILES string of the molecule is CC(C)COCC1CN(C(=O)c2ncccn2)Cc2cncn2C1. The van der Waals surface area contributed by atoms with Gasteiger partial charge < -0.3 is 14.2 Å². The fraction of sp³-hybridized carbons (Fsp3) is 0.529. The molecule has 3 heterocycles. The van der Waals surface area contributed by atoms with Gasteiger partial charge in [0.25, 0.3) is 5.91 Å². The molecule has 3 rings (SSSR count). The number of carbonyl (C=O) groups excluding carboxylic acids is 1. The van der Waals surface area contributed by atoms with Crippen molar-refractivity contribution >= 4 is 5.91 Å². The molecule has 1 aliphatic rings. The second-order valence-corrected chi connectivity index (χ2v) is 6.59. The third-order valence-electron chi connectivity index (χ3n) is 3.93. The van der Waals surface area contributed by atoms with E-state index in [1.54, 1.807) is 23.4 Å². The number of rotatable bonds is 5. The van der Waals surface area contributed by atoms with Gasteiger partial charge in [-0.05, 0) is 12.0 Å². The Labute approximate surface area is 141 Å². The molecule has 0 saturated heterocycles. The van der Waals surface area contributed by atoms with Gasteiger partial charge in [-0.3, -0.25) is 4.79 Å². The number of hydrogen-bond donors (Lipinski definition) is 0. The Morgan fingerprint density at radius 1 is 1.33 bits per heavy atom. The highest BCUT2D eigenvalue weighted by Crippen LogP contribution is 2.18. The zero-order valence-corrected chi connectivity index (χ0v) is 14.1. The van der Waals surface area contributed by atoms with Crippen LogP contribution in [0.5, 0.6) is 0 Å². The number of aromatic nitrogens is 4. The van der Waals surface area contributed by atoms with E-state index in [1.807, 2.05) is 12.5 Å². The fourth-order valence-electron chi connectivity index (χ4n) is 2.83. The second-order valence-electron chi connectivity index (χ2n) is 6.59. The monoisotopic (exact) mass is 329 g/mol. The molecule has 1 aliphatic heterocycles. The molecule has 0 aliphatic carbocycles. The molecule has 1 amide bonds. The normalized spacial score (nSPS) is 17.6. The minimum absolute atomic E-state index is 0.154. The zero-order chi connectivity index (χ0) is 16.9. The predicted molar refractivity (Wildman–Crippen MR) is 88.1 cm³/mol. The molecule has 0 bridgehead atoms. The Kier molecular flexibility index (Phi) is 5.20. The van der Waals surface area contributed by atoms with E-state index in [-0.39, 0.29) is 17.6 Å². The first kappa shape index (κ1) is 16.6. The van der Waals surface area contributed by atoms with Gasteiger partial charge in [-0.2, -0.15) is 0 Å². The lowest BCUT2D eigenvalue weighted by Gasteiger charge is -2.23. The molecule has 0 radical (unpaired) electrons. The van der Waals surface area contributed by atoms with Crippen LogP contribution < -0.4 is 0 Å². The highest BCUT2D eigenvalue weighted by atomic mass is 16.5. The maximum atomic E-state index is 12.7. The molecule has 0 saturated carbocycles. The molecule has 24 heavy (non-hydrogen) atoms. The predicted octanol–water partition coefficient (Wildman–Crippen LogP) is 1.62. The fourth-order valence-corrected chi connectivity index (χ4v) is 2.83. The van der Waals surface area contributed by atoms with Crippen LogP contribution >= 0.6 is 0 Å². The van der Waals surface area contributed by atoms with Crippen LogP contribution in [0.2, 0.25) is 0 Å². The topological polar surface area (TPSA) is 73.1 Å². The molecule has 7 nitrogen and oxygen atoms in total. The van der Waals surface area contributed by atoms with Crippen LogP contribution in [0.4, 0.5) is 0 Å². The number of hydrogen-bond acceptors (Lipinski definition) is 5. The van der Waals surface area contributed by atoms with E-state index in [9.17, 15) is 4.79 Å². The maximum Gasteiger partial charge on any atom is 0.292 e. The summed E-state index contributed by atoms with van der Waals surface area (Å²) in [6, 6.07) is 1.71. The van der Waals surface area contributed by atoms with Crippen LogP contribution in [0.3, 0.4) is 0 Å². The number of ether oxygens (including phenoxy) is 1. The van der Waals surface area contributed by atoms with Crippen molar-refractivity contribution in [1.29, 1.82) is 0 Å². The summed E-state index contributed by atoms with van der Waals surface area (Å²) in [5, 5.41) is 0. The molecule has 0 N–H and O–H groups in total. The molecule has 0 aromatic carbocycles. The van der Waals surface area contributed by atoms with E-state index in [1.165, 1.54) is 0 Å². The van der Waals surface area contributed by atoms with Crippen molar-refractivity contribution in [2.45, 2.75) is 26.9 Å². The van der Waals surface area contributed by atoms with Crippen molar-refractivity contribution in [3.8, 4) is 0 Å². The van der Waals surface area contributed by atoms with Crippen molar-refractivity contribution in [3.05, 3.63) is 42.5 Å². The van der Waals surface area contributed by atoms with Gasteiger partial charge in [0, 0.05) is 44.2 Å². The Balaban J connectivity index is 1.75. The molecule has 7 heteroatoms. The van der Waals surface area contributed by atoms with Gasteiger partial charge in [0.05, 0.1) is 25.2 Å². The molecule has 0 fully saturated rings. The number of fused-ring (bicyclic) bond motifs is 1. The first-order valence-corrected chi connectivity index (χ1v) is 8.26. The van der Waals surface area contributed by atoms with E-state index in [0.717, 1.165) is 18.8 Å². The largest absolute Gasteiger partial charge is 0.381 e. The molecular weight excluding hydrogens is 306 g/mol. The van der Waals surface area contributed by atoms with Gasteiger partial charge in [-0.1, -0.05) is 13.8 Å². The lowest BCUT2D eigenvalue weighted by Crippen LogP contribution is -2.36. The number of carbonyl (C=O) groups is 1. The summed E-state index contributed by atoms with van der Waals surface area (Å²) in [7, 11) is 0. The standard InChI is InChI=1S/C17H23N5O2/c1-13(2)10-24-11-14-7-21(9-15-6-18-12-22(15)8-14)17(23)16-19-4-3-5-20-16/h3-6,12-14H,7-11H2,1-2H3. The number of imidazole rings is 1. The summed E-state index contributed by atoms with van der Waals surface area (Å²) in [5.41, 5.74) is 1.02. The van der Waals surface area contributed by atoms with Crippen molar-refractivity contribution < 1.29 is 9.53 Å². The van der Waals surface area contributed by atoms with Crippen LogP contribution in [0, 0.1) is 11.8 Å². The Bertz CT molecular complexity index is 671. The first-order chi connectivity index (χ1) is 11.6. The van der Waals surface area contributed by atoms with E-state index in [0.29, 0.717) is 25.6 Å². The average Bonchev–Trinajstić information content (AvgIpc) is 2.93. The van der Waals surface area contributed by atoms with Crippen LogP contribution in [-0.4, -0.2) is 50.1 Å². The van der Waals surface area contributed by atoms with Crippen LogP contribution in [-0.2, 0) is 17.8 Å². The van der Waals surface area contributed by atoms with E-state index >= 15 is 0 Å². The van der Waals surface area contributed by atoms with Gasteiger partial charge in [-0.15, -0.1) is 0 Å². The highest BCUT2D eigenvalue weighted by Gasteiger charge is 2.27. The van der Waals surface area contributed by atoms with Gasteiger partial charge in [-0.25, -0.2) is 15.0 Å². The Morgan fingerprint density at radius 3 is 2.88 bits per heavy atom. The summed E-state index contributed by atoms with van der Waals surface area (Å²) in [5.74, 6) is 0.785. The molecule has 2 aromatic rings. The van der Waals surface area contributed by atoms with Gasteiger partial charge in [0.2, 0.25) is 5.82 Å². The van der Waals surface area contributed by atoms with E-state index in [4.69, 9.17) is 4.74 Å². The molecule has 1 atom stereocenters. The first-order valence-electron chi connectivity index (χ1n) is 8.26. The molecule has 2 aromatic heterocycles. The minimum atomic E-state index is -0.154. The summed E-state index contributed by atoms with van der Waals surface area (Å²) in [6.45, 7) is 7.53. The van der Waals surface area contributed by atoms with Crippen molar-refractivity contribution in [2.24, 2.45) is 11.8 Å². The Hall–Kier alpha value is -2.28. The van der Waals surface area contributed by atoms with Crippen molar-refractivity contribution in [3.63, 3.8) is 0 Å². The van der Waals surface area contributed by atoms with Crippen LogP contribution in [0.15, 0.2) is 31.0 Å². The third-order valence-corrected chi connectivity index (χ3v) is 3.93. The second kappa shape index (κ2) is 7.53. The third kappa shape index (κ3) is 3.97. The van der Waals surface area contributed by atoms with Crippen LogP contribution in [0.1, 0.15) is 30.2 Å². The molecule has 128 valence electrons. The maximum absolute atomic E-state index is 12.7. The summed E-state index contributed by atoms with van der Waals surface area (Å²) in [4.78, 5) is 26.9. The summed E-state index contributed by atoms with van der Waals surface area (Å²) >= 11 is 0. The van der Waals surface area contributed by atoms with Gasteiger partial charge in [0.1, 0.15) is 0 Å². The number of amides is 1. The molecule has 0 spiro atoms. The van der Waals surface area contributed by atoms with Gasteiger partial charge in [0.15, 0.2) is 0 Å². The summed E-state index contributed by atoms with van der Waals surface area (Å²) < 4.78 is 7.91. The lowest BCUT2D eigenvalue weighted by atomic mass is 10.1. The quantitative estimate of drug-likeness (QED) is 0.833. The average molecular weight is 329 g/mol. The van der Waals surface area contributed by atoms with E-state index in [2.05, 4.69) is 33.4 Å².